The number of hydrogen-bond donors (Lipinski definition) is 2. The summed E-state index contributed by atoms with van der Waals surface area (Å²) in [5.74, 6) is -0.714. The molecule has 1 aliphatic rings. The van der Waals surface area contributed by atoms with Crippen molar-refractivity contribution in [2.45, 2.75) is 0 Å². The van der Waals surface area contributed by atoms with Crippen molar-refractivity contribution < 1.29 is 14.3 Å². The third-order valence-corrected chi connectivity index (χ3v) is 2.71. The van der Waals surface area contributed by atoms with Crippen molar-refractivity contribution in [1.82, 2.24) is 0 Å². The van der Waals surface area contributed by atoms with Crippen molar-refractivity contribution in [3.63, 3.8) is 0 Å². The van der Waals surface area contributed by atoms with Crippen LogP contribution in [0.15, 0.2) is 23.4 Å². The lowest BCUT2D eigenvalue weighted by Crippen LogP contribution is -2.37. The molecule has 0 amide bonds. The number of ether oxygens (including phenoxy) is 1. The number of oxime groups is 1. The molecule has 1 aromatic carbocycles. The van der Waals surface area contributed by atoms with Crippen LogP contribution in [0.5, 0.6) is 0 Å². The Morgan fingerprint density at radius 1 is 1.41 bits per heavy atom. The number of anilines is 1. The number of nitrogens with zero attached hydrogens (tertiary/aromatic N) is 2. The van der Waals surface area contributed by atoms with Crippen LogP contribution in [0.4, 0.5) is 10.1 Å². The summed E-state index contributed by atoms with van der Waals surface area (Å²) in [5.41, 5.74) is 6.27. The van der Waals surface area contributed by atoms with Crippen molar-refractivity contribution >= 4 is 11.5 Å². The summed E-state index contributed by atoms with van der Waals surface area (Å²) in [6.45, 7) is 2.50. The van der Waals surface area contributed by atoms with Crippen LogP contribution >= 0.6 is 0 Å². The van der Waals surface area contributed by atoms with Gasteiger partial charge in [-0.25, -0.2) is 4.39 Å². The van der Waals surface area contributed by atoms with Gasteiger partial charge in [-0.2, -0.15) is 0 Å². The van der Waals surface area contributed by atoms with Crippen LogP contribution < -0.4 is 10.6 Å². The van der Waals surface area contributed by atoms with E-state index in [1.165, 1.54) is 6.07 Å². The number of rotatable bonds is 2. The zero-order valence-electron chi connectivity index (χ0n) is 9.27. The number of halogens is 1. The SMILES string of the molecule is NC(=NO)c1c(F)cccc1N1CCOCC1. The molecule has 92 valence electrons. The summed E-state index contributed by atoms with van der Waals surface area (Å²) in [4.78, 5) is 1.96. The molecular weight excluding hydrogens is 225 g/mol. The lowest BCUT2D eigenvalue weighted by Gasteiger charge is -2.30. The van der Waals surface area contributed by atoms with Gasteiger partial charge in [0.25, 0.3) is 0 Å². The maximum atomic E-state index is 13.7. The first kappa shape index (κ1) is 11.7. The second kappa shape index (κ2) is 5.01. The maximum Gasteiger partial charge on any atom is 0.175 e. The molecule has 1 aliphatic heterocycles. The van der Waals surface area contributed by atoms with E-state index in [1.54, 1.807) is 12.1 Å². The van der Waals surface area contributed by atoms with Crippen molar-refractivity contribution in [3.05, 3.63) is 29.6 Å². The van der Waals surface area contributed by atoms with Crippen LogP contribution in [-0.2, 0) is 4.74 Å². The molecule has 6 heteroatoms. The van der Waals surface area contributed by atoms with Crippen molar-refractivity contribution in [3.8, 4) is 0 Å². The summed E-state index contributed by atoms with van der Waals surface area (Å²) in [6, 6.07) is 4.65. The van der Waals surface area contributed by atoms with Gasteiger partial charge in [-0.05, 0) is 12.1 Å². The Morgan fingerprint density at radius 2 is 2.12 bits per heavy atom. The van der Waals surface area contributed by atoms with Gasteiger partial charge in [0, 0.05) is 13.1 Å². The minimum Gasteiger partial charge on any atom is -0.409 e. The van der Waals surface area contributed by atoms with E-state index in [2.05, 4.69) is 5.16 Å². The molecule has 1 heterocycles. The van der Waals surface area contributed by atoms with Crippen molar-refractivity contribution in [2.75, 3.05) is 31.2 Å². The second-order valence-electron chi connectivity index (χ2n) is 3.72. The fraction of sp³-hybridized carbons (Fsp3) is 0.364. The van der Waals surface area contributed by atoms with Gasteiger partial charge in [0.2, 0.25) is 0 Å². The fourth-order valence-electron chi connectivity index (χ4n) is 1.88. The largest absolute Gasteiger partial charge is 0.409 e. The first-order valence-corrected chi connectivity index (χ1v) is 5.33. The van der Waals surface area contributed by atoms with Gasteiger partial charge in [0.1, 0.15) is 5.82 Å². The Bertz CT molecular complexity index is 431. The average molecular weight is 239 g/mol. The highest BCUT2D eigenvalue weighted by molar-refractivity contribution is 6.02. The Hall–Kier alpha value is -1.82. The van der Waals surface area contributed by atoms with Crippen LogP contribution in [0.3, 0.4) is 0 Å². The number of benzene rings is 1. The topological polar surface area (TPSA) is 71.1 Å². The number of hydrogen-bond acceptors (Lipinski definition) is 4. The number of amidine groups is 1. The third-order valence-electron chi connectivity index (χ3n) is 2.71. The van der Waals surface area contributed by atoms with Crippen LogP contribution in [0.2, 0.25) is 0 Å². The van der Waals surface area contributed by atoms with Crippen molar-refractivity contribution in [2.24, 2.45) is 10.9 Å². The minimum atomic E-state index is -0.496. The Morgan fingerprint density at radius 3 is 2.76 bits per heavy atom. The van der Waals surface area contributed by atoms with Crippen molar-refractivity contribution in [1.29, 1.82) is 0 Å². The zero-order valence-corrected chi connectivity index (χ0v) is 9.27. The van der Waals surface area contributed by atoms with E-state index in [4.69, 9.17) is 15.7 Å². The summed E-state index contributed by atoms with van der Waals surface area (Å²) >= 11 is 0. The highest BCUT2D eigenvalue weighted by Crippen LogP contribution is 2.23. The maximum absolute atomic E-state index is 13.7. The molecule has 2 rings (SSSR count). The fourth-order valence-corrected chi connectivity index (χ4v) is 1.88. The second-order valence-corrected chi connectivity index (χ2v) is 3.72. The van der Waals surface area contributed by atoms with E-state index in [-0.39, 0.29) is 11.4 Å². The summed E-state index contributed by atoms with van der Waals surface area (Å²) in [7, 11) is 0. The van der Waals surface area contributed by atoms with Crippen LogP contribution in [0.25, 0.3) is 0 Å². The van der Waals surface area contributed by atoms with Crippen LogP contribution in [0, 0.1) is 5.82 Å². The molecule has 0 radical (unpaired) electrons. The van der Waals surface area contributed by atoms with Gasteiger partial charge in [-0.15, -0.1) is 0 Å². The highest BCUT2D eigenvalue weighted by Gasteiger charge is 2.19. The third kappa shape index (κ3) is 2.31. The van der Waals surface area contributed by atoms with E-state index in [9.17, 15) is 4.39 Å². The first-order valence-electron chi connectivity index (χ1n) is 5.33. The predicted octanol–water partition coefficient (Wildman–Crippen LogP) is 0.757. The minimum absolute atomic E-state index is 0.136. The zero-order chi connectivity index (χ0) is 12.3. The average Bonchev–Trinajstić information content (AvgIpc) is 2.38. The van der Waals surface area contributed by atoms with E-state index in [0.29, 0.717) is 32.0 Å². The van der Waals surface area contributed by atoms with E-state index in [0.717, 1.165) is 0 Å². The standard InChI is InChI=1S/C11H14FN3O2/c12-8-2-1-3-9(10(8)11(13)14-16)15-4-6-17-7-5-15/h1-3,16H,4-7H2,(H2,13,14). The monoisotopic (exact) mass is 239 g/mol. The Labute approximate surface area is 98.3 Å². The smallest absolute Gasteiger partial charge is 0.175 e. The summed E-state index contributed by atoms with van der Waals surface area (Å²) in [6.07, 6.45) is 0. The Kier molecular flexibility index (Phi) is 3.43. The molecule has 0 aromatic heterocycles. The normalized spacial score (nSPS) is 17.2. The predicted molar refractivity (Wildman–Crippen MR) is 61.9 cm³/mol. The quantitative estimate of drug-likeness (QED) is 0.346. The molecular formula is C11H14FN3O2. The highest BCUT2D eigenvalue weighted by atomic mass is 19.1. The molecule has 0 saturated carbocycles. The molecule has 17 heavy (non-hydrogen) atoms. The molecule has 5 nitrogen and oxygen atoms in total. The van der Waals surface area contributed by atoms with E-state index < -0.39 is 5.82 Å². The number of morpholine rings is 1. The van der Waals surface area contributed by atoms with Gasteiger partial charge >= 0.3 is 0 Å². The van der Waals surface area contributed by atoms with Crippen LogP contribution in [-0.4, -0.2) is 37.3 Å². The summed E-state index contributed by atoms with van der Waals surface area (Å²) in [5, 5.41) is 11.6. The molecule has 3 N–H and O–H groups in total. The molecule has 1 saturated heterocycles. The Balaban J connectivity index is 2.41. The number of nitrogens with two attached hydrogens (primary N) is 1. The van der Waals surface area contributed by atoms with Gasteiger partial charge in [0.15, 0.2) is 5.84 Å². The molecule has 0 bridgehead atoms. The molecule has 1 fully saturated rings. The molecule has 1 aromatic rings. The van der Waals surface area contributed by atoms with Gasteiger partial charge in [0.05, 0.1) is 24.5 Å². The van der Waals surface area contributed by atoms with Gasteiger partial charge < -0.3 is 20.6 Å². The molecule has 0 aliphatic carbocycles. The van der Waals surface area contributed by atoms with Crippen LogP contribution in [0.1, 0.15) is 5.56 Å². The van der Waals surface area contributed by atoms with Gasteiger partial charge in [-0.1, -0.05) is 11.2 Å². The summed E-state index contributed by atoms with van der Waals surface area (Å²) < 4.78 is 18.9. The van der Waals surface area contributed by atoms with Gasteiger partial charge in [-0.3, -0.25) is 0 Å². The first-order chi connectivity index (χ1) is 8.24. The van der Waals surface area contributed by atoms with E-state index in [1.807, 2.05) is 4.90 Å². The lowest BCUT2D eigenvalue weighted by molar-refractivity contribution is 0.122. The van der Waals surface area contributed by atoms with E-state index >= 15 is 0 Å². The molecule has 0 atom stereocenters. The molecule has 0 unspecified atom stereocenters. The lowest BCUT2D eigenvalue weighted by atomic mass is 10.1. The molecule has 0 spiro atoms.